The van der Waals surface area contributed by atoms with E-state index in [0.29, 0.717) is 28.7 Å². The Labute approximate surface area is 127 Å². The van der Waals surface area contributed by atoms with Gasteiger partial charge in [0.2, 0.25) is 0 Å². The van der Waals surface area contributed by atoms with Crippen LogP contribution in [-0.4, -0.2) is 37.0 Å². The Morgan fingerprint density at radius 3 is 2.55 bits per heavy atom. The fraction of sp³-hybridized carbons (Fsp3) is 0.429. The zero-order chi connectivity index (χ0) is 14.7. The van der Waals surface area contributed by atoms with Gasteiger partial charge < -0.3 is 9.64 Å². The normalized spacial score (nSPS) is 18.8. The molecule has 1 fully saturated rings. The average molecular weight is 316 g/mol. The maximum atomic E-state index is 12.5. The molecule has 0 aromatic heterocycles. The minimum atomic E-state index is -0.284. The number of hydrogen-bond acceptors (Lipinski definition) is 3. The SMILES string of the molecule is COC(=O)C1CCCN(C(=O)c2c(Cl)cccc2Cl)C1. The van der Waals surface area contributed by atoms with Gasteiger partial charge in [-0.15, -0.1) is 0 Å². The summed E-state index contributed by atoms with van der Waals surface area (Å²) in [4.78, 5) is 25.7. The highest BCUT2D eigenvalue weighted by molar-refractivity contribution is 6.39. The number of carbonyl (C=O) groups excluding carboxylic acids is 2. The molecule has 6 heteroatoms. The Balaban J connectivity index is 2.19. The molecule has 1 aliphatic heterocycles. The number of halogens is 2. The molecule has 1 amide bonds. The Hall–Kier alpha value is -1.26. The van der Waals surface area contributed by atoms with Crippen molar-refractivity contribution >= 4 is 35.1 Å². The van der Waals surface area contributed by atoms with E-state index in [2.05, 4.69) is 0 Å². The topological polar surface area (TPSA) is 46.6 Å². The Morgan fingerprint density at radius 2 is 1.95 bits per heavy atom. The summed E-state index contributed by atoms with van der Waals surface area (Å²) in [5.74, 6) is -0.805. The van der Waals surface area contributed by atoms with Gasteiger partial charge in [0, 0.05) is 13.1 Å². The molecule has 0 saturated carbocycles. The molecule has 1 heterocycles. The van der Waals surface area contributed by atoms with E-state index >= 15 is 0 Å². The Kier molecular flexibility index (Phi) is 4.89. The molecule has 1 aromatic rings. The molecule has 0 radical (unpaired) electrons. The molecule has 20 heavy (non-hydrogen) atoms. The molecule has 0 aliphatic carbocycles. The highest BCUT2D eigenvalue weighted by Gasteiger charge is 2.30. The van der Waals surface area contributed by atoms with Crippen LogP contribution in [0.4, 0.5) is 0 Å². The third-order valence-electron chi connectivity index (χ3n) is 3.42. The third kappa shape index (κ3) is 3.07. The summed E-state index contributed by atoms with van der Waals surface area (Å²) < 4.78 is 4.74. The van der Waals surface area contributed by atoms with Crippen molar-refractivity contribution in [3.05, 3.63) is 33.8 Å². The summed E-state index contributed by atoms with van der Waals surface area (Å²) in [6.07, 6.45) is 1.49. The Morgan fingerprint density at radius 1 is 1.30 bits per heavy atom. The molecule has 1 atom stereocenters. The number of piperidine rings is 1. The van der Waals surface area contributed by atoms with Crippen LogP contribution < -0.4 is 0 Å². The van der Waals surface area contributed by atoms with Gasteiger partial charge in [-0.05, 0) is 25.0 Å². The molecule has 1 unspecified atom stereocenters. The van der Waals surface area contributed by atoms with Gasteiger partial charge >= 0.3 is 5.97 Å². The van der Waals surface area contributed by atoms with Crippen molar-refractivity contribution < 1.29 is 14.3 Å². The van der Waals surface area contributed by atoms with Crippen molar-refractivity contribution in [2.45, 2.75) is 12.8 Å². The van der Waals surface area contributed by atoms with Crippen molar-refractivity contribution in [2.75, 3.05) is 20.2 Å². The lowest BCUT2D eigenvalue weighted by Gasteiger charge is -2.31. The van der Waals surface area contributed by atoms with Crippen molar-refractivity contribution in [3.8, 4) is 0 Å². The number of ether oxygens (including phenoxy) is 1. The number of carbonyl (C=O) groups is 2. The van der Waals surface area contributed by atoms with Crippen LogP contribution in [0.15, 0.2) is 18.2 Å². The van der Waals surface area contributed by atoms with Crippen LogP contribution >= 0.6 is 23.2 Å². The lowest BCUT2D eigenvalue weighted by atomic mass is 9.97. The van der Waals surface area contributed by atoms with Crippen LogP contribution in [0.2, 0.25) is 10.0 Å². The molecule has 108 valence electrons. The summed E-state index contributed by atoms with van der Waals surface area (Å²) in [5.41, 5.74) is 0.293. The van der Waals surface area contributed by atoms with Crippen LogP contribution in [0.3, 0.4) is 0 Å². The van der Waals surface area contributed by atoms with Gasteiger partial charge in [0.05, 0.1) is 28.6 Å². The second-order valence-electron chi connectivity index (χ2n) is 4.71. The van der Waals surface area contributed by atoms with E-state index in [4.69, 9.17) is 27.9 Å². The van der Waals surface area contributed by atoms with Gasteiger partial charge in [-0.1, -0.05) is 29.3 Å². The average Bonchev–Trinajstić information content (AvgIpc) is 2.46. The van der Waals surface area contributed by atoms with Gasteiger partial charge in [0.1, 0.15) is 0 Å². The second-order valence-corrected chi connectivity index (χ2v) is 5.52. The van der Waals surface area contributed by atoms with Crippen molar-refractivity contribution in [1.29, 1.82) is 0 Å². The molecule has 1 aromatic carbocycles. The molecule has 0 N–H and O–H groups in total. The minimum Gasteiger partial charge on any atom is -0.469 e. The zero-order valence-electron chi connectivity index (χ0n) is 11.1. The first-order valence-corrected chi connectivity index (χ1v) is 7.11. The monoisotopic (exact) mass is 315 g/mol. The summed E-state index contributed by atoms with van der Waals surface area (Å²) in [6.45, 7) is 0.931. The number of benzene rings is 1. The highest BCUT2D eigenvalue weighted by Crippen LogP contribution is 2.28. The van der Waals surface area contributed by atoms with E-state index in [-0.39, 0.29) is 17.8 Å². The fourth-order valence-electron chi connectivity index (χ4n) is 2.38. The van der Waals surface area contributed by atoms with Crippen LogP contribution in [0.25, 0.3) is 0 Å². The van der Waals surface area contributed by atoms with Gasteiger partial charge in [-0.2, -0.15) is 0 Å². The molecular formula is C14H15Cl2NO3. The number of rotatable bonds is 2. The largest absolute Gasteiger partial charge is 0.469 e. The van der Waals surface area contributed by atoms with Crippen LogP contribution in [0.1, 0.15) is 23.2 Å². The molecule has 4 nitrogen and oxygen atoms in total. The van der Waals surface area contributed by atoms with Gasteiger partial charge in [0.15, 0.2) is 0 Å². The Bertz CT molecular complexity index is 513. The summed E-state index contributed by atoms with van der Waals surface area (Å²) in [7, 11) is 1.36. The lowest BCUT2D eigenvalue weighted by Crippen LogP contribution is -2.42. The van der Waals surface area contributed by atoms with E-state index in [0.717, 1.165) is 12.8 Å². The first kappa shape index (κ1) is 15.1. The fourth-order valence-corrected chi connectivity index (χ4v) is 2.94. The second kappa shape index (κ2) is 6.46. The predicted octanol–water partition coefficient (Wildman–Crippen LogP) is 3.02. The molecule has 1 aliphatic rings. The van der Waals surface area contributed by atoms with Crippen LogP contribution in [0.5, 0.6) is 0 Å². The number of methoxy groups -OCH3 is 1. The van der Waals surface area contributed by atoms with Crippen LogP contribution in [-0.2, 0) is 9.53 Å². The molecular weight excluding hydrogens is 301 g/mol. The van der Waals surface area contributed by atoms with E-state index < -0.39 is 0 Å². The van der Waals surface area contributed by atoms with Crippen molar-refractivity contribution in [2.24, 2.45) is 5.92 Å². The highest BCUT2D eigenvalue weighted by atomic mass is 35.5. The molecule has 2 rings (SSSR count). The first-order chi connectivity index (χ1) is 9.54. The smallest absolute Gasteiger partial charge is 0.310 e. The quantitative estimate of drug-likeness (QED) is 0.788. The van der Waals surface area contributed by atoms with E-state index in [1.54, 1.807) is 23.1 Å². The van der Waals surface area contributed by atoms with Crippen LogP contribution in [0, 0.1) is 5.92 Å². The maximum absolute atomic E-state index is 12.5. The van der Waals surface area contributed by atoms with E-state index in [9.17, 15) is 9.59 Å². The summed E-state index contributed by atoms with van der Waals surface area (Å²) in [5, 5.41) is 0.644. The number of nitrogens with zero attached hydrogens (tertiary/aromatic N) is 1. The number of esters is 1. The predicted molar refractivity (Wildman–Crippen MR) is 77.1 cm³/mol. The van der Waals surface area contributed by atoms with Gasteiger partial charge in [0.25, 0.3) is 5.91 Å². The minimum absolute atomic E-state index is 0.241. The standard InChI is InChI=1S/C14H15Cl2NO3/c1-20-14(19)9-4-3-7-17(8-9)13(18)12-10(15)5-2-6-11(12)16/h2,5-6,9H,3-4,7-8H2,1H3. The summed E-state index contributed by atoms with van der Waals surface area (Å²) in [6, 6.07) is 4.94. The lowest BCUT2D eigenvalue weighted by molar-refractivity contribution is -0.146. The first-order valence-electron chi connectivity index (χ1n) is 6.35. The molecule has 0 spiro atoms. The molecule has 1 saturated heterocycles. The number of likely N-dealkylation sites (tertiary alicyclic amines) is 1. The van der Waals surface area contributed by atoms with Gasteiger partial charge in [-0.3, -0.25) is 9.59 Å². The molecule has 0 bridgehead atoms. The van der Waals surface area contributed by atoms with Gasteiger partial charge in [-0.25, -0.2) is 0 Å². The zero-order valence-corrected chi connectivity index (χ0v) is 12.6. The summed E-state index contributed by atoms with van der Waals surface area (Å²) >= 11 is 12.1. The van der Waals surface area contributed by atoms with Crippen molar-refractivity contribution in [1.82, 2.24) is 4.90 Å². The number of hydrogen-bond donors (Lipinski definition) is 0. The third-order valence-corrected chi connectivity index (χ3v) is 4.05. The van der Waals surface area contributed by atoms with E-state index in [1.165, 1.54) is 7.11 Å². The van der Waals surface area contributed by atoms with E-state index in [1.807, 2.05) is 0 Å². The maximum Gasteiger partial charge on any atom is 0.310 e. The number of amides is 1. The van der Waals surface area contributed by atoms with Crippen molar-refractivity contribution in [3.63, 3.8) is 0 Å².